The molecule has 53 heavy (non-hydrogen) atoms. The smallest absolute Gasteiger partial charge is 0.410 e. The van der Waals surface area contributed by atoms with Crippen LogP contribution in [0.25, 0.3) is 22.3 Å². The Morgan fingerprint density at radius 1 is 0.528 bits per heavy atom. The lowest BCUT2D eigenvalue weighted by Gasteiger charge is -2.33. The summed E-state index contributed by atoms with van der Waals surface area (Å²) in [4.78, 5) is 29.5. The summed E-state index contributed by atoms with van der Waals surface area (Å²) < 4.78 is 11.7. The Hall–Kier alpha value is -4.33. The molecule has 3 saturated carbocycles. The number of halogens is 1. The summed E-state index contributed by atoms with van der Waals surface area (Å²) in [5, 5.41) is 3.28. The van der Waals surface area contributed by atoms with Crippen molar-refractivity contribution in [2.75, 3.05) is 39.4 Å². The molecule has 1 saturated heterocycles. The number of benzene rings is 4. The number of fused-ring (bicyclic) bond motifs is 6. The molecule has 2 amide bonds. The summed E-state index contributed by atoms with van der Waals surface area (Å²) in [6, 6.07) is 34.7. The molecule has 0 bridgehead atoms. The van der Waals surface area contributed by atoms with E-state index >= 15 is 0 Å². The highest BCUT2D eigenvalue weighted by molar-refractivity contribution is 5.85. The summed E-state index contributed by atoms with van der Waals surface area (Å²) in [6.07, 6.45) is 8.10. The molecule has 1 N–H and O–H groups in total. The summed E-state index contributed by atoms with van der Waals surface area (Å²) >= 11 is 0. The minimum atomic E-state index is -0.138. The van der Waals surface area contributed by atoms with Gasteiger partial charge in [0.2, 0.25) is 0 Å². The molecule has 276 valence electrons. The van der Waals surface area contributed by atoms with Crippen LogP contribution >= 0.6 is 12.4 Å². The number of hydrogen-bond acceptors (Lipinski definition) is 5. The van der Waals surface area contributed by atoms with Crippen molar-refractivity contribution in [3.63, 3.8) is 0 Å². The Labute approximate surface area is 319 Å². The van der Waals surface area contributed by atoms with Crippen LogP contribution in [0.1, 0.15) is 79.0 Å². The van der Waals surface area contributed by atoms with E-state index in [4.69, 9.17) is 9.47 Å². The van der Waals surface area contributed by atoms with Crippen LogP contribution in [0.2, 0.25) is 0 Å². The number of hydrogen-bond donors (Lipinski definition) is 1. The molecule has 0 unspecified atom stereocenters. The lowest BCUT2D eigenvalue weighted by molar-refractivity contribution is 0.0831. The second-order valence-electron chi connectivity index (χ2n) is 15.7. The van der Waals surface area contributed by atoms with Crippen molar-refractivity contribution >= 4 is 24.6 Å². The Morgan fingerprint density at radius 3 is 1.19 bits per heavy atom. The van der Waals surface area contributed by atoms with E-state index in [2.05, 4.69) is 102 Å². The zero-order valence-corrected chi connectivity index (χ0v) is 31.1. The molecule has 7 nitrogen and oxygen atoms in total. The molecule has 8 heteroatoms. The highest BCUT2D eigenvalue weighted by atomic mass is 35.5. The van der Waals surface area contributed by atoms with Crippen molar-refractivity contribution < 1.29 is 19.1 Å². The average Bonchev–Trinajstić information content (AvgIpc) is 4.09. The fraction of sp³-hybridized carbons (Fsp3) is 0.422. The highest BCUT2D eigenvalue weighted by Gasteiger charge is 2.39. The maximum atomic E-state index is 12.8. The number of rotatable bonds is 10. The van der Waals surface area contributed by atoms with E-state index in [-0.39, 0.29) is 36.4 Å². The van der Waals surface area contributed by atoms with Crippen molar-refractivity contribution in [3.05, 3.63) is 119 Å². The molecule has 4 aromatic carbocycles. The van der Waals surface area contributed by atoms with Crippen LogP contribution in [0.15, 0.2) is 97.1 Å². The molecule has 0 spiro atoms. The number of nitrogens with one attached hydrogen (secondary N) is 1. The highest BCUT2D eigenvalue weighted by Crippen LogP contribution is 2.46. The van der Waals surface area contributed by atoms with Gasteiger partial charge in [0.15, 0.2) is 0 Å². The van der Waals surface area contributed by atoms with Crippen molar-refractivity contribution in [3.8, 4) is 22.3 Å². The Balaban J connectivity index is 0.000000148. The van der Waals surface area contributed by atoms with E-state index in [0.29, 0.717) is 37.1 Å². The molecule has 6 aliphatic rings. The fourth-order valence-corrected chi connectivity index (χ4v) is 8.58. The van der Waals surface area contributed by atoms with Gasteiger partial charge in [0, 0.05) is 56.0 Å². The number of carbonyl (C=O) groups is 2. The lowest BCUT2D eigenvalue weighted by atomic mass is 9.85. The second kappa shape index (κ2) is 15.6. The zero-order chi connectivity index (χ0) is 35.0. The number of ether oxygens (including phenoxy) is 2. The maximum absolute atomic E-state index is 12.8. The van der Waals surface area contributed by atoms with Crippen LogP contribution in [0, 0.1) is 11.8 Å². The molecule has 0 radical (unpaired) electrons. The minimum Gasteiger partial charge on any atom is -0.448 e. The van der Waals surface area contributed by atoms with Crippen molar-refractivity contribution in [2.24, 2.45) is 11.8 Å². The Bertz CT molecular complexity index is 1700. The normalized spacial score (nSPS) is 18.4. The van der Waals surface area contributed by atoms with Gasteiger partial charge in [-0.15, -0.1) is 12.4 Å². The molecule has 1 heterocycles. The Kier molecular flexibility index (Phi) is 10.5. The number of carbonyl (C=O) groups excluding carboxylic acids is 2. The molecule has 1 aliphatic heterocycles. The van der Waals surface area contributed by atoms with E-state index in [1.165, 1.54) is 63.8 Å². The van der Waals surface area contributed by atoms with Crippen molar-refractivity contribution in [2.45, 2.75) is 68.9 Å². The molecule has 0 aromatic heterocycles. The van der Waals surface area contributed by atoms with Gasteiger partial charge in [-0.25, -0.2) is 9.59 Å². The van der Waals surface area contributed by atoms with Gasteiger partial charge in [-0.3, -0.25) is 0 Å². The van der Waals surface area contributed by atoms with Crippen LogP contribution in [0.5, 0.6) is 0 Å². The van der Waals surface area contributed by atoms with E-state index in [9.17, 15) is 9.59 Å². The molecule has 10 rings (SSSR count). The summed E-state index contributed by atoms with van der Waals surface area (Å²) in [7, 11) is 0. The first-order valence-electron chi connectivity index (χ1n) is 19.6. The Morgan fingerprint density at radius 2 is 0.887 bits per heavy atom. The first-order chi connectivity index (χ1) is 25.6. The SMILES string of the molecule is Cl.O=C(OCC1c2ccccc2-c2ccccc21)N(CC1CCC1)C1CC1.O=C(OCC1c2ccccc2-c2ccccc21)N(CC1CNC1)C1CC1. The second-order valence-corrected chi connectivity index (χ2v) is 15.7. The van der Waals surface area contributed by atoms with Gasteiger partial charge < -0.3 is 24.6 Å². The van der Waals surface area contributed by atoms with Gasteiger partial charge in [0.05, 0.1) is 0 Å². The van der Waals surface area contributed by atoms with Gasteiger partial charge in [0.1, 0.15) is 13.2 Å². The molecule has 5 aliphatic carbocycles. The third kappa shape index (κ3) is 7.43. The molecular weight excluding hydrogens is 682 g/mol. The monoisotopic (exact) mass is 731 g/mol. The van der Waals surface area contributed by atoms with Crippen LogP contribution in [0.3, 0.4) is 0 Å². The quantitative estimate of drug-likeness (QED) is 0.176. The van der Waals surface area contributed by atoms with E-state index < -0.39 is 0 Å². The van der Waals surface area contributed by atoms with Crippen LogP contribution in [-0.4, -0.2) is 73.5 Å². The predicted molar refractivity (Wildman–Crippen MR) is 211 cm³/mol. The fourth-order valence-electron chi connectivity index (χ4n) is 8.58. The lowest BCUT2D eigenvalue weighted by Crippen LogP contribution is -2.50. The van der Waals surface area contributed by atoms with Gasteiger partial charge in [-0.1, -0.05) is 103 Å². The third-order valence-electron chi connectivity index (χ3n) is 12.1. The molecule has 0 atom stereocenters. The van der Waals surface area contributed by atoms with E-state index in [1.807, 2.05) is 9.80 Å². The van der Waals surface area contributed by atoms with Gasteiger partial charge in [-0.2, -0.15) is 0 Å². The molecule has 4 fully saturated rings. The number of amides is 2. The summed E-state index contributed by atoms with van der Waals surface area (Å²) in [5.41, 5.74) is 10.2. The van der Waals surface area contributed by atoms with Crippen LogP contribution in [0.4, 0.5) is 9.59 Å². The first-order valence-corrected chi connectivity index (χ1v) is 19.6. The maximum Gasteiger partial charge on any atom is 0.410 e. The molecule has 4 aromatic rings. The average molecular weight is 732 g/mol. The molecular formula is C45H50ClN3O4. The van der Waals surface area contributed by atoms with Crippen molar-refractivity contribution in [1.29, 1.82) is 0 Å². The summed E-state index contributed by atoms with van der Waals surface area (Å²) in [5.74, 6) is 1.56. The van der Waals surface area contributed by atoms with E-state index in [0.717, 1.165) is 51.9 Å². The minimum absolute atomic E-state index is 0. The zero-order valence-electron chi connectivity index (χ0n) is 30.3. The standard InChI is InChI=1S/C23H25NO2.C22H24N2O2.ClH/c25-23(24(17-12-13-17)14-16-6-5-7-16)26-15-22-20-10-3-1-8-18(20)19-9-2-4-11-21(19)22;25-22(24(16-9-10-16)13-15-11-23-12-15)26-14-21-19-7-3-1-5-17(19)18-6-2-4-8-20(18)21;/h1-4,8-11,16-17,22H,5-7,12-15H2;1-8,15-16,21,23H,9-14H2;1H. The summed E-state index contributed by atoms with van der Waals surface area (Å²) in [6.45, 7) is 4.59. The third-order valence-corrected chi connectivity index (χ3v) is 12.1. The van der Waals surface area contributed by atoms with Crippen LogP contribution < -0.4 is 5.32 Å². The first kappa shape index (κ1) is 35.7. The van der Waals surface area contributed by atoms with Gasteiger partial charge >= 0.3 is 12.2 Å². The van der Waals surface area contributed by atoms with Gasteiger partial charge in [0.25, 0.3) is 0 Å². The van der Waals surface area contributed by atoms with Gasteiger partial charge in [-0.05, 0) is 89.0 Å². The largest absolute Gasteiger partial charge is 0.448 e. The topological polar surface area (TPSA) is 71.1 Å². The van der Waals surface area contributed by atoms with Crippen molar-refractivity contribution in [1.82, 2.24) is 15.1 Å². The predicted octanol–water partition coefficient (Wildman–Crippen LogP) is 9.24. The van der Waals surface area contributed by atoms with Crippen LogP contribution in [-0.2, 0) is 9.47 Å². The number of nitrogens with zero attached hydrogens (tertiary/aromatic N) is 2. The van der Waals surface area contributed by atoms with E-state index in [1.54, 1.807) is 0 Å².